The molecule has 0 aliphatic carbocycles. The Bertz CT molecular complexity index is 254. The van der Waals surface area contributed by atoms with E-state index in [-0.39, 0.29) is 6.10 Å². The molecule has 1 aliphatic heterocycles. The van der Waals surface area contributed by atoms with Gasteiger partial charge in [-0.2, -0.15) is 5.10 Å². The van der Waals surface area contributed by atoms with Crippen LogP contribution in [0.5, 0.6) is 0 Å². The second-order valence-corrected chi connectivity index (χ2v) is 2.84. The van der Waals surface area contributed by atoms with E-state index in [1.165, 1.54) is 0 Å². The lowest BCUT2D eigenvalue weighted by Crippen LogP contribution is -2.33. The van der Waals surface area contributed by atoms with Crippen LogP contribution in [0.2, 0.25) is 0 Å². The third-order valence-corrected chi connectivity index (χ3v) is 1.83. The lowest BCUT2D eigenvalue weighted by Gasteiger charge is -2.20. The Morgan fingerprint density at radius 3 is 3.08 bits per heavy atom. The van der Waals surface area contributed by atoms with Gasteiger partial charge in [0.1, 0.15) is 11.9 Å². The number of morpholine rings is 1. The first-order valence-electron chi connectivity index (χ1n) is 4.07. The Morgan fingerprint density at radius 2 is 2.50 bits per heavy atom. The third kappa shape index (κ3) is 1.46. The van der Waals surface area contributed by atoms with E-state index < -0.39 is 0 Å². The Morgan fingerprint density at radius 1 is 1.58 bits per heavy atom. The van der Waals surface area contributed by atoms with Crippen molar-refractivity contribution in [3.05, 3.63) is 11.6 Å². The van der Waals surface area contributed by atoms with Crippen molar-refractivity contribution in [2.45, 2.75) is 13.0 Å². The van der Waals surface area contributed by atoms with Gasteiger partial charge in [-0.1, -0.05) is 0 Å². The van der Waals surface area contributed by atoms with Crippen LogP contribution >= 0.6 is 0 Å². The molecule has 12 heavy (non-hydrogen) atoms. The second-order valence-electron chi connectivity index (χ2n) is 2.84. The predicted molar refractivity (Wildman–Crippen MR) is 42.7 cm³/mol. The summed E-state index contributed by atoms with van der Waals surface area (Å²) in [6, 6.07) is 0. The van der Waals surface area contributed by atoms with E-state index in [1.54, 1.807) is 0 Å². The number of rotatable bonds is 1. The van der Waals surface area contributed by atoms with Crippen LogP contribution < -0.4 is 5.32 Å². The van der Waals surface area contributed by atoms with Crippen LogP contribution in [0.1, 0.15) is 17.8 Å². The number of aromatic nitrogens is 3. The molecular formula is C7H12N4O. The van der Waals surface area contributed by atoms with Crippen molar-refractivity contribution >= 4 is 0 Å². The zero-order chi connectivity index (χ0) is 8.39. The fourth-order valence-corrected chi connectivity index (χ4v) is 1.24. The molecule has 0 bridgehead atoms. The van der Waals surface area contributed by atoms with Crippen molar-refractivity contribution in [2.75, 3.05) is 19.7 Å². The number of aromatic amines is 1. The van der Waals surface area contributed by atoms with Gasteiger partial charge in [-0.3, -0.25) is 5.10 Å². The summed E-state index contributed by atoms with van der Waals surface area (Å²) in [5.74, 6) is 1.58. The molecule has 1 aliphatic rings. The van der Waals surface area contributed by atoms with Gasteiger partial charge in [0.15, 0.2) is 5.82 Å². The highest BCUT2D eigenvalue weighted by molar-refractivity contribution is 4.94. The molecule has 2 N–H and O–H groups in total. The molecule has 1 atom stereocenters. The molecule has 5 heteroatoms. The van der Waals surface area contributed by atoms with E-state index in [0.29, 0.717) is 0 Å². The monoisotopic (exact) mass is 168 g/mol. The summed E-state index contributed by atoms with van der Waals surface area (Å²) in [7, 11) is 0. The van der Waals surface area contributed by atoms with Crippen molar-refractivity contribution in [3.8, 4) is 0 Å². The molecule has 2 heterocycles. The minimum atomic E-state index is 0.0173. The largest absolute Gasteiger partial charge is 0.367 e. The molecule has 0 unspecified atom stereocenters. The van der Waals surface area contributed by atoms with E-state index in [1.807, 2.05) is 6.92 Å². The van der Waals surface area contributed by atoms with Crippen LogP contribution in [0.4, 0.5) is 0 Å². The SMILES string of the molecule is Cc1nc([C@H]2CNCCO2)n[nH]1. The Balaban J connectivity index is 2.08. The first-order chi connectivity index (χ1) is 5.86. The molecule has 0 aromatic carbocycles. The van der Waals surface area contributed by atoms with Crippen LogP contribution in [0, 0.1) is 6.92 Å². The second kappa shape index (κ2) is 3.20. The predicted octanol–water partition coefficient (Wildman–Crippen LogP) is -0.226. The van der Waals surface area contributed by atoms with Gasteiger partial charge in [-0.05, 0) is 6.92 Å². The quantitative estimate of drug-likeness (QED) is 0.608. The molecule has 0 radical (unpaired) electrons. The van der Waals surface area contributed by atoms with Crippen molar-refractivity contribution < 1.29 is 4.74 Å². The first-order valence-corrected chi connectivity index (χ1v) is 4.07. The van der Waals surface area contributed by atoms with E-state index in [0.717, 1.165) is 31.3 Å². The molecule has 1 fully saturated rings. The van der Waals surface area contributed by atoms with Gasteiger partial charge >= 0.3 is 0 Å². The smallest absolute Gasteiger partial charge is 0.180 e. The van der Waals surface area contributed by atoms with E-state index in [4.69, 9.17) is 4.74 Å². The van der Waals surface area contributed by atoms with Crippen LogP contribution in [0.3, 0.4) is 0 Å². The van der Waals surface area contributed by atoms with Crippen molar-refractivity contribution in [3.63, 3.8) is 0 Å². The molecular weight excluding hydrogens is 156 g/mol. The number of hydrogen-bond acceptors (Lipinski definition) is 4. The van der Waals surface area contributed by atoms with Crippen molar-refractivity contribution in [1.82, 2.24) is 20.5 Å². The Kier molecular flexibility index (Phi) is 2.05. The zero-order valence-electron chi connectivity index (χ0n) is 7.00. The van der Waals surface area contributed by atoms with E-state index in [9.17, 15) is 0 Å². The van der Waals surface area contributed by atoms with E-state index >= 15 is 0 Å². The summed E-state index contributed by atoms with van der Waals surface area (Å²) >= 11 is 0. The maximum atomic E-state index is 5.47. The van der Waals surface area contributed by atoms with Gasteiger partial charge < -0.3 is 10.1 Å². The van der Waals surface area contributed by atoms with Crippen LogP contribution in [-0.4, -0.2) is 34.9 Å². The van der Waals surface area contributed by atoms with Gasteiger partial charge in [0.05, 0.1) is 6.61 Å². The fourth-order valence-electron chi connectivity index (χ4n) is 1.24. The number of hydrogen-bond donors (Lipinski definition) is 2. The molecule has 0 saturated carbocycles. The van der Waals surface area contributed by atoms with Gasteiger partial charge in [-0.25, -0.2) is 4.98 Å². The average molecular weight is 168 g/mol. The number of ether oxygens (including phenoxy) is 1. The standard InChI is InChI=1S/C7H12N4O/c1-5-9-7(11-10-5)6-4-8-2-3-12-6/h6,8H,2-4H2,1H3,(H,9,10,11)/t6-/m1/s1. The number of nitrogens with zero attached hydrogens (tertiary/aromatic N) is 2. The summed E-state index contributed by atoms with van der Waals surface area (Å²) in [4.78, 5) is 4.20. The Hall–Kier alpha value is -0.940. The van der Waals surface area contributed by atoms with Gasteiger partial charge in [-0.15, -0.1) is 0 Å². The average Bonchev–Trinajstić information content (AvgIpc) is 2.54. The van der Waals surface area contributed by atoms with Crippen LogP contribution in [0.15, 0.2) is 0 Å². The van der Waals surface area contributed by atoms with Crippen molar-refractivity contribution in [1.29, 1.82) is 0 Å². The van der Waals surface area contributed by atoms with Gasteiger partial charge in [0.25, 0.3) is 0 Å². The number of nitrogens with one attached hydrogen (secondary N) is 2. The maximum Gasteiger partial charge on any atom is 0.180 e. The Labute approximate surface area is 70.5 Å². The van der Waals surface area contributed by atoms with E-state index in [2.05, 4.69) is 20.5 Å². The molecule has 1 aromatic heterocycles. The summed E-state index contributed by atoms with van der Waals surface area (Å²) < 4.78 is 5.47. The number of aryl methyl sites for hydroxylation is 1. The minimum absolute atomic E-state index is 0.0173. The lowest BCUT2D eigenvalue weighted by atomic mass is 10.3. The highest BCUT2D eigenvalue weighted by Crippen LogP contribution is 2.13. The summed E-state index contributed by atoms with van der Waals surface area (Å²) in [5, 5.41) is 10.1. The molecule has 0 amide bonds. The van der Waals surface area contributed by atoms with Crippen LogP contribution in [0.25, 0.3) is 0 Å². The lowest BCUT2D eigenvalue weighted by molar-refractivity contribution is 0.0223. The molecule has 66 valence electrons. The molecule has 1 saturated heterocycles. The highest BCUT2D eigenvalue weighted by atomic mass is 16.5. The fraction of sp³-hybridized carbons (Fsp3) is 0.714. The summed E-state index contributed by atoms with van der Waals surface area (Å²) in [6.07, 6.45) is 0.0173. The maximum absolute atomic E-state index is 5.47. The molecule has 5 nitrogen and oxygen atoms in total. The highest BCUT2D eigenvalue weighted by Gasteiger charge is 2.19. The minimum Gasteiger partial charge on any atom is -0.367 e. The topological polar surface area (TPSA) is 62.8 Å². The summed E-state index contributed by atoms with van der Waals surface area (Å²) in [6.45, 7) is 4.34. The van der Waals surface area contributed by atoms with Crippen LogP contribution in [-0.2, 0) is 4.74 Å². The molecule has 0 spiro atoms. The number of H-pyrrole nitrogens is 1. The first kappa shape index (κ1) is 7.70. The van der Waals surface area contributed by atoms with Gasteiger partial charge in [0, 0.05) is 13.1 Å². The summed E-state index contributed by atoms with van der Waals surface area (Å²) in [5.41, 5.74) is 0. The third-order valence-electron chi connectivity index (χ3n) is 1.83. The molecule has 2 rings (SSSR count). The van der Waals surface area contributed by atoms with Gasteiger partial charge in [0.2, 0.25) is 0 Å². The normalized spacial score (nSPS) is 24.2. The van der Waals surface area contributed by atoms with Crippen molar-refractivity contribution in [2.24, 2.45) is 0 Å². The molecule has 1 aromatic rings. The zero-order valence-corrected chi connectivity index (χ0v) is 7.00.